The Labute approximate surface area is 119 Å². The molecule has 0 saturated heterocycles. The third-order valence-electron chi connectivity index (χ3n) is 3.54. The van der Waals surface area contributed by atoms with Gasteiger partial charge in [0.05, 0.1) is 12.3 Å². The predicted molar refractivity (Wildman–Crippen MR) is 80.1 cm³/mol. The molecule has 4 heteroatoms. The zero-order valence-corrected chi connectivity index (χ0v) is 12.2. The molecule has 0 aliphatic carbocycles. The Balaban J connectivity index is 2.43. The van der Waals surface area contributed by atoms with E-state index in [0.29, 0.717) is 6.61 Å². The van der Waals surface area contributed by atoms with Crippen molar-refractivity contribution < 1.29 is 9.53 Å². The van der Waals surface area contributed by atoms with Gasteiger partial charge in [0.15, 0.2) is 0 Å². The van der Waals surface area contributed by atoms with Crippen molar-refractivity contribution in [2.24, 2.45) is 16.1 Å². The number of ether oxygens (including phenoxy) is 1. The highest BCUT2D eigenvalue weighted by Crippen LogP contribution is 2.32. The lowest BCUT2D eigenvalue weighted by atomic mass is 9.78. The molecule has 1 aromatic rings. The molecule has 106 valence electrons. The molecule has 1 aliphatic heterocycles. The van der Waals surface area contributed by atoms with Gasteiger partial charge in [-0.05, 0) is 25.8 Å². The van der Waals surface area contributed by atoms with Crippen LogP contribution in [0.4, 0.5) is 0 Å². The summed E-state index contributed by atoms with van der Waals surface area (Å²) in [5, 5.41) is 8.42. The van der Waals surface area contributed by atoms with Gasteiger partial charge in [-0.2, -0.15) is 10.2 Å². The first-order valence-electron chi connectivity index (χ1n) is 7.01. The van der Waals surface area contributed by atoms with Crippen LogP contribution < -0.4 is 0 Å². The first-order chi connectivity index (χ1) is 9.69. The lowest BCUT2D eigenvalue weighted by Crippen LogP contribution is -2.36. The van der Waals surface area contributed by atoms with Crippen molar-refractivity contribution in [2.75, 3.05) is 6.61 Å². The van der Waals surface area contributed by atoms with Gasteiger partial charge in [-0.3, -0.25) is 4.79 Å². The smallest absolute Gasteiger partial charge is 0.315 e. The normalized spacial score (nSPS) is 21.9. The fourth-order valence-corrected chi connectivity index (χ4v) is 2.58. The molecule has 0 fully saturated rings. The summed E-state index contributed by atoms with van der Waals surface area (Å²) in [4.78, 5) is 12.3. The fourth-order valence-electron chi connectivity index (χ4n) is 2.58. The van der Waals surface area contributed by atoms with Crippen molar-refractivity contribution >= 4 is 17.4 Å². The number of carbonyl (C=O) groups is 1. The molecule has 1 heterocycles. The SMILES string of the molecule is CCOC(=O)C1C(C)=NN=C(CC)C1c1ccccc1. The topological polar surface area (TPSA) is 51.0 Å². The summed E-state index contributed by atoms with van der Waals surface area (Å²) in [7, 11) is 0. The average molecular weight is 272 g/mol. The third-order valence-corrected chi connectivity index (χ3v) is 3.54. The molecule has 0 spiro atoms. The molecule has 2 unspecified atom stereocenters. The highest BCUT2D eigenvalue weighted by atomic mass is 16.5. The average Bonchev–Trinajstić information content (AvgIpc) is 2.48. The van der Waals surface area contributed by atoms with Gasteiger partial charge in [-0.25, -0.2) is 0 Å². The van der Waals surface area contributed by atoms with Crippen molar-refractivity contribution in [1.82, 2.24) is 0 Å². The standard InChI is InChI=1S/C16H20N2O2/c1-4-13-15(12-9-7-6-8-10-12)14(11(3)17-18-13)16(19)20-5-2/h6-10,14-15H,4-5H2,1-3H3. The quantitative estimate of drug-likeness (QED) is 0.790. The van der Waals surface area contributed by atoms with Crippen molar-refractivity contribution in [2.45, 2.75) is 33.1 Å². The maximum atomic E-state index is 12.3. The summed E-state index contributed by atoms with van der Waals surface area (Å²) in [6.45, 7) is 6.07. The minimum Gasteiger partial charge on any atom is -0.465 e. The zero-order valence-electron chi connectivity index (χ0n) is 12.2. The fraction of sp³-hybridized carbons (Fsp3) is 0.438. The Bertz CT molecular complexity index is 535. The molecular weight excluding hydrogens is 252 g/mol. The molecule has 0 bridgehead atoms. The first-order valence-corrected chi connectivity index (χ1v) is 7.01. The van der Waals surface area contributed by atoms with Gasteiger partial charge < -0.3 is 4.74 Å². The summed E-state index contributed by atoms with van der Waals surface area (Å²) < 4.78 is 5.22. The Morgan fingerprint density at radius 1 is 1.20 bits per heavy atom. The Kier molecular flexibility index (Phi) is 4.66. The maximum absolute atomic E-state index is 12.3. The summed E-state index contributed by atoms with van der Waals surface area (Å²) in [6, 6.07) is 9.98. The van der Waals surface area contributed by atoms with E-state index in [1.165, 1.54) is 0 Å². The molecule has 20 heavy (non-hydrogen) atoms. The van der Waals surface area contributed by atoms with Crippen LogP contribution in [-0.2, 0) is 9.53 Å². The van der Waals surface area contributed by atoms with Crippen LogP contribution in [0.15, 0.2) is 40.5 Å². The van der Waals surface area contributed by atoms with Gasteiger partial charge in [-0.15, -0.1) is 0 Å². The minimum atomic E-state index is -0.371. The van der Waals surface area contributed by atoms with Crippen LogP contribution >= 0.6 is 0 Å². The second-order valence-corrected chi connectivity index (χ2v) is 4.80. The number of rotatable bonds is 4. The van der Waals surface area contributed by atoms with Crippen LogP contribution in [0.2, 0.25) is 0 Å². The second-order valence-electron chi connectivity index (χ2n) is 4.80. The van der Waals surface area contributed by atoms with E-state index in [4.69, 9.17) is 4.74 Å². The number of nitrogens with zero attached hydrogens (tertiary/aromatic N) is 2. The monoisotopic (exact) mass is 272 g/mol. The molecule has 1 aromatic carbocycles. The molecule has 4 nitrogen and oxygen atoms in total. The summed E-state index contributed by atoms with van der Waals surface area (Å²) in [5.74, 6) is -0.661. The molecule has 2 atom stereocenters. The minimum absolute atomic E-state index is 0.0715. The van der Waals surface area contributed by atoms with E-state index in [2.05, 4.69) is 10.2 Å². The highest BCUT2D eigenvalue weighted by molar-refractivity contribution is 6.09. The summed E-state index contributed by atoms with van der Waals surface area (Å²) in [6.07, 6.45) is 0.770. The Morgan fingerprint density at radius 3 is 2.50 bits per heavy atom. The molecule has 2 rings (SSSR count). The third kappa shape index (κ3) is 2.79. The number of hydrogen-bond donors (Lipinski definition) is 0. The molecule has 0 amide bonds. The van der Waals surface area contributed by atoms with Gasteiger partial charge in [0.2, 0.25) is 0 Å². The lowest BCUT2D eigenvalue weighted by Gasteiger charge is -2.29. The first kappa shape index (κ1) is 14.4. The number of esters is 1. The number of benzene rings is 1. The van der Waals surface area contributed by atoms with Gasteiger partial charge >= 0.3 is 5.97 Å². The number of carbonyl (C=O) groups excluding carboxylic acids is 1. The summed E-state index contributed by atoms with van der Waals surface area (Å²) >= 11 is 0. The maximum Gasteiger partial charge on any atom is 0.315 e. The molecule has 1 aliphatic rings. The van der Waals surface area contributed by atoms with Crippen LogP contribution in [-0.4, -0.2) is 24.0 Å². The zero-order chi connectivity index (χ0) is 14.5. The van der Waals surface area contributed by atoms with Gasteiger partial charge in [0, 0.05) is 11.6 Å². The van der Waals surface area contributed by atoms with Crippen LogP contribution in [0.25, 0.3) is 0 Å². The molecule has 0 aromatic heterocycles. The van der Waals surface area contributed by atoms with Crippen molar-refractivity contribution in [3.8, 4) is 0 Å². The number of hydrogen-bond acceptors (Lipinski definition) is 4. The van der Waals surface area contributed by atoms with E-state index in [9.17, 15) is 4.79 Å². The Hall–Kier alpha value is -1.97. The van der Waals surface area contributed by atoms with E-state index in [1.807, 2.05) is 51.1 Å². The van der Waals surface area contributed by atoms with Crippen molar-refractivity contribution in [1.29, 1.82) is 0 Å². The van der Waals surface area contributed by atoms with E-state index >= 15 is 0 Å². The molecule has 0 N–H and O–H groups in total. The molecule has 0 saturated carbocycles. The van der Waals surface area contributed by atoms with Crippen LogP contribution in [0.1, 0.15) is 38.7 Å². The lowest BCUT2D eigenvalue weighted by molar-refractivity contribution is -0.145. The van der Waals surface area contributed by atoms with Gasteiger partial charge in [-0.1, -0.05) is 37.3 Å². The van der Waals surface area contributed by atoms with E-state index in [-0.39, 0.29) is 17.8 Å². The van der Waals surface area contributed by atoms with E-state index in [1.54, 1.807) is 0 Å². The van der Waals surface area contributed by atoms with E-state index in [0.717, 1.165) is 23.4 Å². The highest BCUT2D eigenvalue weighted by Gasteiger charge is 2.38. The summed E-state index contributed by atoms with van der Waals surface area (Å²) in [5.41, 5.74) is 2.73. The largest absolute Gasteiger partial charge is 0.465 e. The Morgan fingerprint density at radius 2 is 1.90 bits per heavy atom. The van der Waals surface area contributed by atoms with Crippen molar-refractivity contribution in [3.63, 3.8) is 0 Å². The van der Waals surface area contributed by atoms with Gasteiger partial charge in [0.25, 0.3) is 0 Å². The second kappa shape index (κ2) is 6.46. The molecule has 0 radical (unpaired) electrons. The van der Waals surface area contributed by atoms with Crippen molar-refractivity contribution in [3.05, 3.63) is 35.9 Å². The predicted octanol–water partition coefficient (Wildman–Crippen LogP) is 3.19. The van der Waals surface area contributed by atoms with Crippen LogP contribution in [0, 0.1) is 5.92 Å². The van der Waals surface area contributed by atoms with Crippen LogP contribution in [0.3, 0.4) is 0 Å². The van der Waals surface area contributed by atoms with E-state index < -0.39 is 0 Å². The van der Waals surface area contributed by atoms with Gasteiger partial charge in [0.1, 0.15) is 5.92 Å². The van der Waals surface area contributed by atoms with Crippen LogP contribution in [0.5, 0.6) is 0 Å². The molecular formula is C16H20N2O2.